The minimum atomic E-state index is -3.99. The fourth-order valence-corrected chi connectivity index (χ4v) is 6.75. The third kappa shape index (κ3) is 4.24. The van der Waals surface area contributed by atoms with Gasteiger partial charge in [0.2, 0.25) is 4.93 Å². The molecule has 5 nitrogen and oxygen atoms in total. The molecule has 0 radical (unpaired) electrons. The van der Waals surface area contributed by atoms with Gasteiger partial charge in [-0.3, -0.25) is 4.79 Å². The lowest BCUT2D eigenvalue weighted by molar-refractivity contribution is -0.150. The molecular formula is C22H25Cl2NO4S. The highest BCUT2D eigenvalue weighted by molar-refractivity contribution is 7.90. The maximum Gasteiger partial charge on any atom is 0.304 e. The molecule has 1 aliphatic heterocycles. The molecule has 8 heteroatoms. The van der Waals surface area contributed by atoms with Crippen molar-refractivity contribution in [3.8, 4) is 0 Å². The Morgan fingerprint density at radius 2 is 1.73 bits per heavy atom. The number of sulfonamides is 1. The number of benzene rings is 2. The minimum Gasteiger partial charge on any atom is -0.442 e. The van der Waals surface area contributed by atoms with Gasteiger partial charge in [-0.25, -0.2) is 8.42 Å². The molecule has 162 valence electrons. The smallest absolute Gasteiger partial charge is 0.304 e. The fourth-order valence-electron chi connectivity index (χ4n) is 4.24. The molecule has 1 heterocycles. The van der Waals surface area contributed by atoms with E-state index in [2.05, 4.69) is 0 Å². The van der Waals surface area contributed by atoms with E-state index in [1.165, 1.54) is 18.2 Å². The molecule has 3 rings (SSSR count). The van der Waals surface area contributed by atoms with Gasteiger partial charge in [-0.1, -0.05) is 47.5 Å². The first-order chi connectivity index (χ1) is 14.0. The lowest BCUT2D eigenvalue weighted by Crippen LogP contribution is -2.58. The van der Waals surface area contributed by atoms with Crippen LogP contribution < -0.4 is 0 Å². The highest BCUT2D eigenvalue weighted by Crippen LogP contribution is 2.52. The molecule has 1 saturated heterocycles. The van der Waals surface area contributed by atoms with Gasteiger partial charge in [-0.15, -0.1) is 0 Å². The minimum absolute atomic E-state index is 0.103. The molecule has 30 heavy (non-hydrogen) atoms. The number of esters is 1. The predicted molar refractivity (Wildman–Crippen MR) is 119 cm³/mol. The Kier molecular flexibility index (Phi) is 6.54. The summed E-state index contributed by atoms with van der Waals surface area (Å²) >= 11 is 12.3. The maximum absolute atomic E-state index is 13.7. The van der Waals surface area contributed by atoms with Crippen LogP contribution in [-0.4, -0.2) is 29.7 Å². The summed E-state index contributed by atoms with van der Waals surface area (Å²) < 4.78 is 34.3. The van der Waals surface area contributed by atoms with Crippen LogP contribution in [0.15, 0.2) is 48.5 Å². The molecule has 1 aliphatic rings. The summed E-state index contributed by atoms with van der Waals surface area (Å²) in [5, 5.41) is 1.12. The average molecular weight is 470 g/mol. The van der Waals surface area contributed by atoms with Crippen LogP contribution in [-0.2, 0) is 19.6 Å². The zero-order valence-electron chi connectivity index (χ0n) is 17.3. The van der Waals surface area contributed by atoms with Crippen molar-refractivity contribution in [1.82, 2.24) is 4.31 Å². The average Bonchev–Trinajstić information content (AvgIpc) is 2.63. The second-order valence-electron chi connectivity index (χ2n) is 8.02. The van der Waals surface area contributed by atoms with Crippen molar-refractivity contribution in [2.45, 2.75) is 57.1 Å². The SMILES string of the molecule is CC(=O)OC1(C)CC(c2cccc(Cl)c2)C(c2ccc(Cl)cc2)N(C(C)C)S1(=O)=O. The second kappa shape index (κ2) is 8.50. The van der Waals surface area contributed by atoms with Gasteiger partial charge in [-0.2, -0.15) is 4.31 Å². The normalized spacial score (nSPS) is 26.5. The zero-order valence-corrected chi connectivity index (χ0v) is 19.6. The molecule has 0 N–H and O–H groups in total. The molecule has 0 spiro atoms. The summed E-state index contributed by atoms with van der Waals surface area (Å²) in [7, 11) is -3.99. The number of nitrogens with zero attached hydrogens (tertiary/aromatic N) is 1. The van der Waals surface area contributed by atoms with E-state index >= 15 is 0 Å². The zero-order chi connectivity index (χ0) is 22.3. The highest BCUT2D eigenvalue weighted by Gasteiger charge is 2.57. The van der Waals surface area contributed by atoms with Crippen LogP contribution in [0.5, 0.6) is 0 Å². The van der Waals surface area contributed by atoms with Gasteiger partial charge in [0.25, 0.3) is 10.0 Å². The molecule has 0 saturated carbocycles. The number of carbonyl (C=O) groups excluding carboxylic acids is 1. The number of ether oxygens (including phenoxy) is 1. The molecule has 2 aromatic rings. The molecule has 0 bridgehead atoms. The number of hydrogen-bond donors (Lipinski definition) is 0. The van der Waals surface area contributed by atoms with Gasteiger partial charge in [0.1, 0.15) is 0 Å². The standard InChI is InChI=1S/C22H25Cl2NO4S/c1-14(2)25-21(16-8-10-18(23)11-9-16)20(17-6-5-7-19(24)12-17)13-22(4,29-15(3)26)30(25,27)28/h5-12,14,20-21H,13H2,1-4H3. The quantitative estimate of drug-likeness (QED) is 0.551. The van der Waals surface area contributed by atoms with Gasteiger partial charge >= 0.3 is 5.97 Å². The summed E-state index contributed by atoms with van der Waals surface area (Å²) in [6.07, 6.45) is 0.103. The molecule has 0 aromatic heterocycles. The van der Waals surface area contributed by atoms with E-state index in [0.717, 1.165) is 11.1 Å². The van der Waals surface area contributed by atoms with Gasteiger partial charge in [0.15, 0.2) is 0 Å². The summed E-state index contributed by atoms with van der Waals surface area (Å²) in [5.41, 5.74) is 1.69. The van der Waals surface area contributed by atoms with Crippen molar-refractivity contribution in [1.29, 1.82) is 0 Å². The molecule has 0 aliphatic carbocycles. The van der Waals surface area contributed by atoms with Crippen molar-refractivity contribution >= 4 is 39.2 Å². The Morgan fingerprint density at radius 3 is 2.27 bits per heavy atom. The fraction of sp³-hybridized carbons (Fsp3) is 0.409. The number of halogens is 2. The van der Waals surface area contributed by atoms with Crippen LogP contribution in [0.1, 0.15) is 57.2 Å². The molecular weight excluding hydrogens is 445 g/mol. The Morgan fingerprint density at radius 1 is 1.10 bits per heavy atom. The van der Waals surface area contributed by atoms with Crippen LogP contribution in [0.4, 0.5) is 0 Å². The second-order valence-corrected chi connectivity index (χ2v) is 11.1. The molecule has 2 aromatic carbocycles. The monoisotopic (exact) mass is 469 g/mol. The van der Waals surface area contributed by atoms with E-state index in [1.54, 1.807) is 18.2 Å². The van der Waals surface area contributed by atoms with E-state index in [1.807, 2.05) is 44.2 Å². The predicted octanol–water partition coefficient (Wildman–Crippen LogP) is 5.54. The third-order valence-electron chi connectivity index (χ3n) is 5.43. The van der Waals surface area contributed by atoms with Crippen LogP contribution in [0, 0.1) is 0 Å². The van der Waals surface area contributed by atoms with Gasteiger partial charge < -0.3 is 4.74 Å². The first kappa shape index (κ1) is 23.1. The molecule has 1 fully saturated rings. The van der Waals surface area contributed by atoms with Crippen molar-refractivity contribution in [2.75, 3.05) is 0 Å². The van der Waals surface area contributed by atoms with Crippen LogP contribution in [0.3, 0.4) is 0 Å². The Hall–Kier alpha value is -1.60. The van der Waals surface area contributed by atoms with E-state index in [0.29, 0.717) is 10.0 Å². The van der Waals surface area contributed by atoms with Gasteiger partial charge in [0, 0.05) is 35.3 Å². The molecule has 3 atom stereocenters. The van der Waals surface area contributed by atoms with Crippen LogP contribution in [0.2, 0.25) is 10.0 Å². The summed E-state index contributed by atoms with van der Waals surface area (Å²) in [5.74, 6) is -0.931. The summed E-state index contributed by atoms with van der Waals surface area (Å²) in [6.45, 7) is 6.32. The van der Waals surface area contributed by atoms with Crippen molar-refractivity contribution in [3.63, 3.8) is 0 Å². The first-order valence-electron chi connectivity index (χ1n) is 9.70. The molecule has 0 amide bonds. The van der Waals surface area contributed by atoms with E-state index in [9.17, 15) is 13.2 Å². The van der Waals surface area contributed by atoms with Crippen molar-refractivity contribution < 1.29 is 17.9 Å². The lowest BCUT2D eigenvalue weighted by Gasteiger charge is -2.49. The number of hydrogen-bond acceptors (Lipinski definition) is 4. The Labute approximate surface area is 188 Å². The Bertz CT molecular complexity index is 1040. The van der Waals surface area contributed by atoms with Crippen LogP contribution >= 0.6 is 23.2 Å². The first-order valence-corrected chi connectivity index (χ1v) is 11.9. The topological polar surface area (TPSA) is 63.7 Å². The lowest BCUT2D eigenvalue weighted by atomic mass is 9.82. The largest absolute Gasteiger partial charge is 0.442 e. The molecule has 3 unspecified atom stereocenters. The van der Waals surface area contributed by atoms with E-state index in [-0.39, 0.29) is 18.4 Å². The van der Waals surface area contributed by atoms with Crippen molar-refractivity contribution in [2.24, 2.45) is 0 Å². The summed E-state index contributed by atoms with van der Waals surface area (Å²) in [6, 6.07) is 13.7. The van der Waals surface area contributed by atoms with E-state index < -0.39 is 27.0 Å². The van der Waals surface area contributed by atoms with Crippen LogP contribution in [0.25, 0.3) is 0 Å². The van der Waals surface area contributed by atoms with Crippen molar-refractivity contribution in [3.05, 3.63) is 69.7 Å². The number of rotatable bonds is 4. The Balaban J connectivity index is 2.26. The third-order valence-corrected chi connectivity index (χ3v) is 8.46. The summed E-state index contributed by atoms with van der Waals surface area (Å²) in [4.78, 5) is 10.1. The maximum atomic E-state index is 13.7. The van der Waals surface area contributed by atoms with Gasteiger partial charge in [-0.05, 0) is 56.2 Å². The van der Waals surface area contributed by atoms with Gasteiger partial charge in [0.05, 0.1) is 6.04 Å². The highest BCUT2D eigenvalue weighted by atomic mass is 35.5. The van der Waals surface area contributed by atoms with E-state index in [4.69, 9.17) is 27.9 Å². The number of carbonyl (C=O) groups is 1.